The van der Waals surface area contributed by atoms with Crippen molar-refractivity contribution in [1.29, 1.82) is 0 Å². The first-order chi connectivity index (χ1) is 28.2. The van der Waals surface area contributed by atoms with Gasteiger partial charge >= 0.3 is 23.9 Å². The van der Waals surface area contributed by atoms with Gasteiger partial charge in [0.2, 0.25) is 5.91 Å². The lowest BCUT2D eigenvalue weighted by atomic mass is 9.92. The molecule has 1 amide bonds. The number of hydrogen-bond donors (Lipinski definition) is 3. The minimum absolute atomic E-state index is 0.0495. The zero-order valence-electron chi connectivity index (χ0n) is 33.2. The summed E-state index contributed by atoms with van der Waals surface area (Å²) >= 11 is 7.39. The maximum atomic E-state index is 12.3. The summed E-state index contributed by atoms with van der Waals surface area (Å²) in [6.45, 7) is 5.72. The number of thiocarbonyl (C=S) groups is 1. The number of anilines is 2. The van der Waals surface area contributed by atoms with Crippen LogP contribution < -0.4 is 10.6 Å². The Morgan fingerprint density at radius 1 is 0.729 bits per heavy atom. The van der Waals surface area contributed by atoms with E-state index in [0.29, 0.717) is 29.1 Å². The molecule has 8 atom stereocenters. The highest BCUT2D eigenvalue weighted by Crippen LogP contribution is 2.40. The number of benzene rings is 3. The van der Waals surface area contributed by atoms with Gasteiger partial charge in [0.15, 0.2) is 24.6 Å². The van der Waals surface area contributed by atoms with Crippen LogP contribution in [0, 0.1) is 0 Å². The molecule has 2 aliphatic rings. The molecule has 0 radical (unpaired) electrons. The summed E-state index contributed by atoms with van der Waals surface area (Å²) < 4.78 is 41.2. The van der Waals surface area contributed by atoms with Crippen LogP contribution in [0.25, 0.3) is 0 Å². The van der Waals surface area contributed by atoms with E-state index >= 15 is 0 Å². The standard InChI is InChI=1S/C42H48N2O13S2/c1-23(46)43-31-13-15-34(16-14-31)59-22-33-18-35(29-11-9-28(20-45)10-12-29)57-42(55-33)30-7-6-8-32(17-30)44-38(58)19-36-39(52-25(3)48)41(54-27(5)50)40(53-26(4)49)37(56-36)21-51-24(2)47/h6-17,33,35-37,39-42,45H,18-22H2,1-5H3,(H,43,46)(H,44,58)/t33-,35+,36-,37+,39-,40+,41+,42?/m0/s1. The molecule has 2 saturated heterocycles. The second-order valence-corrected chi connectivity index (χ2v) is 15.6. The highest BCUT2D eigenvalue weighted by molar-refractivity contribution is 7.99. The number of esters is 4. The van der Waals surface area contributed by atoms with Gasteiger partial charge in [-0.25, -0.2) is 0 Å². The molecule has 3 aromatic rings. The van der Waals surface area contributed by atoms with Gasteiger partial charge in [-0.1, -0.05) is 48.6 Å². The monoisotopic (exact) mass is 852 g/mol. The van der Waals surface area contributed by atoms with Gasteiger partial charge in [-0.3, -0.25) is 24.0 Å². The van der Waals surface area contributed by atoms with Crippen LogP contribution in [0.1, 0.15) is 76.5 Å². The molecule has 0 aromatic heterocycles. The number of aliphatic hydroxyl groups excluding tert-OH is 1. The smallest absolute Gasteiger partial charge is 0.303 e. The Labute approximate surface area is 351 Å². The Hall–Kier alpha value is -4.91. The second kappa shape index (κ2) is 21.4. The van der Waals surface area contributed by atoms with Crippen molar-refractivity contribution in [3.05, 3.63) is 89.5 Å². The first kappa shape index (κ1) is 45.2. The van der Waals surface area contributed by atoms with E-state index in [1.165, 1.54) is 20.8 Å². The quantitative estimate of drug-likeness (QED) is 0.0726. The predicted molar refractivity (Wildman–Crippen MR) is 219 cm³/mol. The molecule has 59 heavy (non-hydrogen) atoms. The number of carbonyl (C=O) groups excluding carboxylic acids is 5. The SMILES string of the molecule is CC(=O)Nc1ccc(SC[C@@H]2C[C@H](c3ccc(CO)cc3)OC(c3cccc(NC(=S)C[C@@H]4O[C@H](COC(C)=O)[C@@H](OC(C)=O)[C@H](OC(C)=O)[C@H]4OC(C)=O)c3)O2)cc1. The van der Waals surface area contributed by atoms with E-state index in [2.05, 4.69) is 10.6 Å². The van der Waals surface area contributed by atoms with Crippen molar-refractivity contribution < 1.29 is 62.2 Å². The summed E-state index contributed by atoms with van der Waals surface area (Å²) in [6, 6.07) is 22.5. The highest BCUT2D eigenvalue weighted by atomic mass is 32.2. The molecule has 0 saturated carbocycles. The van der Waals surface area contributed by atoms with E-state index < -0.39 is 60.7 Å². The average Bonchev–Trinajstić information content (AvgIpc) is 3.18. The van der Waals surface area contributed by atoms with Gasteiger partial charge < -0.3 is 48.9 Å². The van der Waals surface area contributed by atoms with Crippen molar-refractivity contribution >= 4 is 70.1 Å². The van der Waals surface area contributed by atoms with Crippen LogP contribution in [0.15, 0.2) is 77.7 Å². The predicted octanol–water partition coefficient (Wildman–Crippen LogP) is 5.73. The van der Waals surface area contributed by atoms with Crippen molar-refractivity contribution in [1.82, 2.24) is 0 Å². The average molecular weight is 853 g/mol. The number of ether oxygens (including phenoxy) is 7. The summed E-state index contributed by atoms with van der Waals surface area (Å²) in [5.74, 6) is -2.32. The van der Waals surface area contributed by atoms with Gasteiger partial charge in [0, 0.05) is 75.0 Å². The van der Waals surface area contributed by atoms with Crippen molar-refractivity contribution in [2.45, 2.75) is 108 Å². The van der Waals surface area contributed by atoms with Gasteiger partial charge in [-0.05, 0) is 47.5 Å². The Morgan fingerprint density at radius 3 is 1.98 bits per heavy atom. The van der Waals surface area contributed by atoms with Crippen LogP contribution in [-0.4, -0.2) is 88.9 Å². The van der Waals surface area contributed by atoms with Crippen LogP contribution in [0.5, 0.6) is 0 Å². The van der Waals surface area contributed by atoms with Gasteiger partial charge in [-0.2, -0.15) is 0 Å². The third-order valence-electron chi connectivity index (χ3n) is 9.14. The molecule has 17 heteroatoms. The fourth-order valence-corrected chi connectivity index (χ4v) is 7.89. The Morgan fingerprint density at radius 2 is 1.37 bits per heavy atom. The van der Waals surface area contributed by atoms with Crippen LogP contribution in [0.4, 0.5) is 11.4 Å². The fourth-order valence-electron chi connectivity index (χ4n) is 6.69. The Bertz CT molecular complexity index is 1960. The number of rotatable bonds is 15. The fraction of sp³-hybridized carbons (Fsp3) is 0.429. The van der Waals surface area contributed by atoms with Gasteiger partial charge in [0.1, 0.15) is 18.8 Å². The van der Waals surface area contributed by atoms with E-state index in [0.717, 1.165) is 29.9 Å². The molecule has 0 spiro atoms. The van der Waals surface area contributed by atoms with Gasteiger partial charge in [-0.15, -0.1) is 11.8 Å². The summed E-state index contributed by atoms with van der Waals surface area (Å²) in [5, 5.41) is 15.6. The molecule has 2 heterocycles. The molecular formula is C42H48N2O13S2. The lowest BCUT2D eigenvalue weighted by Crippen LogP contribution is -2.62. The van der Waals surface area contributed by atoms with E-state index in [9.17, 15) is 29.1 Å². The van der Waals surface area contributed by atoms with Crippen molar-refractivity contribution in [3.8, 4) is 0 Å². The molecular weight excluding hydrogens is 805 g/mol. The largest absolute Gasteiger partial charge is 0.463 e. The summed E-state index contributed by atoms with van der Waals surface area (Å²) in [5.41, 5.74) is 3.72. The molecule has 1 unspecified atom stereocenters. The lowest BCUT2D eigenvalue weighted by Gasteiger charge is -2.44. The number of thioether (sulfide) groups is 1. The van der Waals surface area contributed by atoms with E-state index in [1.807, 2.05) is 66.7 Å². The number of amides is 1. The summed E-state index contributed by atoms with van der Waals surface area (Å²) in [4.78, 5) is 61.2. The molecule has 15 nitrogen and oxygen atoms in total. The molecule has 5 rings (SSSR count). The van der Waals surface area contributed by atoms with Gasteiger partial charge in [0.25, 0.3) is 0 Å². The zero-order valence-corrected chi connectivity index (χ0v) is 34.9. The maximum absolute atomic E-state index is 12.3. The number of aliphatic hydroxyl groups is 1. The molecule has 3 aromatic carbocycles. The van der Waals surface area contributed by atoms with Crippen LogP contribution in [0.2, 0.25) is 0 Å². The molecule has 316 valence electrons. The highest BCUT2D eigenvalue weighted by Gasteiger charge is 2.52. The maximum Gasteiger partial charge on any atom is 0.303 e. The van der Waals surface area contributed by atoms with E-state index in [-0.39, 0.29) is 42.7 Å². The van der Waals surface area contributed by atoms with Crippen LogP contribution in [0.3, 0.4) is 0 Å². The minimum Gasteiger partial charge on any atom is -0.463 e. The first-order valence-electron chi connectivity index (χ1n) is 18.9. The van der Waals surface area contributed by atoms with Crippen molar-refractivity contribution in [2.75, 3.05) is 23.0 Å². The number of nitrogens with one attached hydrogen (secondary N) is 2. The molecule has 2 aliphatic heterocycles. The molecule has 2 fully saturated rings. The topological polar surface area (TPSA) is 194 Å². The third-order valence-corrected chi connectivity index (χ3v) is 10.6. The van der Waals surface area contributed by atoms with Gasteiger partial charge in [0.05, 0.1) is 23.8 Å². The Kier molecular flexibility index (Phi) is 16.4. The molecule has 0 aliphatic carbocycles. The zero-order chi connectivity index (χ0) is 42.6. The van der Waals surface area contributed by atoms with Crippen LogP contribution >= 0.6 is 24.0 Å². The summed E-state index contributed by atoms with van der Waals surface area (Å²) in [6.07, 6.45) is -6.76. The first-order valence-corrected chi connectivity index (χ1v) is 20.3. The van der Waals surface area contributed by atoms with E-state index in [1.54, 1.807) is 17.8 Å². The molecule has 3 N–H and O–H groups in total. The number of carbonyl (C=O) groups is 5. The minimum atomic E-state index is -1.31. The number of hydrogen-bond acceptors (Lipinski definition) is 15. The normalized spacial score (nSPS) is 23.9. The van der Waals surface area contributed by atoms with Crippen molar-refractivity contribution in [2.24, 2.45) is 0 Å². The molecule has 0 bridgehead atoms. The Balaban J connectivity index is 1.34. The second-order valence-electron chi connectivity index (χ2n) is 14.0. The summed E-state index contributed by atoms with van der Waals surface area (Å²) in [7, 11) is 0. The van der Waals surface area contributed by atoms with E-state index in [4.69, 9.17) is 45.4 Å². The van der Waals surface area contributed by atoms with Crippen molar-refractivity contribution in [3.63, 3.8) is 0 Å². The van der Waals surface area contributed by atoms with Crippen LogP contribution in [-0.2, 0) is 63.7 Å². The lowest BCUT2D eigenvalue weighted by molar-refractivity contribution is -0.251. The third kappa shape index (κ3) is 13.6.